The number of rotatable bonds is 5. The van der Waals surface area contributed by atoms with E-state index in [1.54, 1.807) is 18.2 Å². The number of carbonyl (C=O) groups is 2. The fraction of sp³-hybridized carbons (Fsp3) is 0.222. The number of carbonyl (C=O) groups excluding carboxylic acids is 2. The van der Waals surface area contributed by atoms with Crippen molar-refractivity contribution >= 4 is 11.8 Å². The molecule has 0 saturated carbocycles. The number of hydrogen-bond donors (Lipinski definition) is 1. The van der Waals surface area contributed by atoms with Crippen molar-refractivity contribution in [3.63, 3.8) is 0 Å². The van der Waals surface area contributed by atoms with Gasteiger partial charge in [-0.05, 0) is 37.3 Å². The standard InChI is InChI=1S/C18H13F6NO3/c1-10(25-28-16(27)11-5-3-2-4-6-11)15(26)12-7-13(17(19,20)21)9-14(8-12)18(22,23)24/h2-10,25H,1H3. The predicted molar refractivity (Wildman–Crippen MR) is 85.2 cm³/mol. The highest BCUT2D eigenvalue weighted by Gasteiger charge is 2.37. The molecule has 0 spiro atoms. The van der Waals surface area contributed by atoms with E-state index < -0.39 is 46.8 Å². The Kier molecular flexibility index (Phi) is 6.13. The minimum Gasteiger partial charge on any atom is -0.366 e. The molecule has 0 saturated heterocycles. The molecule has 1 N–H and O–H groups in total. The second-order valence-corrected chi connectivity index (χ2v) is 5.75. The van der Waals surface area contributed by atoms with Gasteiger partial charge in [-0.3, -0.25) is 4.79 Å². The molecule has 28 heavy (non-hydrogen) atoms. The molecule has 2 aromatic carbocycles. The van der Waals surface area contributed by atoms with Gasteiger partial charge < -0.3 is 4.84 Å². The van der Waals surface area contributed by atoms with Crippen molar-refractivity contribution in [2.75, 3.05) is 0 Å². The molecule has 2 rings (SSSR count). The second-order valence-electron chi connectivity index (χ2n) is 5.75. The number of hydrogen-bond acceptors (Lipinski definition) is 4. The van der Waals surface area contributed by atoms with Crippen molar-refractivity contribution in [1.82, 2.24) is 5.48 Å². The Morgan fingerprint density at radius 3 is 1.82 bits per heavy atom. The molecule has 0 radical (unpaired) electrons. The topological polar surface area (TPSA) is 55.4 Å². The lowest BCUT2D eigenvalue weighted by atomic mass is 9.99. The fourth-order valence-corrected chi connectivity index (χ4v) is 2.18. The maximum Gasteiger partial charge on any atom is 0.416 e. The minimum atomic E-state index is -5.08. The normalized spacial score (nSPS) is 13.1. The van der Waals surface area contributed by atoms with Gasteiger partial charge in [-0.25, -0.2) is 4.79 Å². The zero-order chi connectivity index (χ0) is 21.1. The molecule has 2 aromatic rings. The molecule has 4 nitrogen and oxygen atoms in total. The average Bonchev–Trinajstić information content (AvgIpc) is 2.64. The third kappa shape index (κ3) is 5.32. The van der Waals surface area contributed by atoms with Crippen molar-refractivity contribution in [2.24, 2.45) is 0 Å². The molecule has 0 heterocycles. The SMILES string of the molecule is CC(NOC(=O)c1ccccc1)C(=O)c1cc(C(F)(F)F)cc(C(F)(F)F)c1. The van der Waals surface area contributed by atoms with Gasteiger partial charge in [-0.15, -0.1) is 5.48 Å². The van der Waals surface area contributed by atoms with E-state index in [1.165, 1.54) is 12.1 Å². The van der Waals surface area contributed by atoms with Crippen LogP contribution in [0.25, 0.3) is 0 Å². The summed E-state index contributed by atoms with van der Waals surface area (Å²) < 4.78 is 77.3. The van der Waals surface area contributed by atoms with Crippen LogP contribution in [-0.4, -0.2) is 17.8 Å². The maximum atomic E-state index is 12.9. The van der Waals surface area contributed by atoms with E-state index >= 15 is 0 Å². The van der Waals surface area contributed by atoms with E-state index in [4.69, 9.17) is 0 Å². The molecule has 0 amide bonds. The fourth-order valence-electron chi connectivity index (χ4n) is 2.18. The summed E-state index contributed by atoms with van der Waals surface area (Å²) in [6.07, 6.45) is -10.2. The summed E-state index contributed by atoms with van der Waals surface area (Å²) >= 11 is 0. The lowest BCUT2D eigenvalue weighted by Crippen LogP contribution is -2.36. The number of benzene rings is 2. The molecule has 1 atom stereocenters. The molecule has 1 unspecified atom stereocenters. The van der Waals surface area contributed by atoms with Gasteiger partial charge in [0.05, 0.1) is 16.7 Å². The van der Waals surface area contributed by atoms with Crippen LogP contribution < -0.4 is 5.48 Å². The van der Waals surface area contributed by atoms with Crippen LogP contribution >= 0.6 is 0 Å². The molecule has 0 fully saturated rings. The van der Waals surface area contributed by atoms with E-state index in [-0.39, 0.29) is 11.6 Å². The molecule has 150 valence electrons. The first-order chi connectivity index (χ1) is 12.9. The molecule has 0 aliphatic rings. The average molecular weight is 405 g/mol. The van der Waals surface area contributed by atoms with E-state index in [9.17, 15) is 35.9 Å². The molecule has 0 aliphatic heterocycles. The van der Waals surface area contributed by atoms with Gasteiger partial charge in [0.15, 0.2) is 5.78 Å². The van der Waals surface area contributed by atoms with Gasteiger partial charge in [0.25, 0.3) is 0 Å². The number of Topliss-reactive ketones (excluding diaryl/α,β-unsaturated/α-hetero) is 1. The number of hydroxylamine groups is 1. The number of halogens is 6. The minimum absolute atomic E-state index is 0.0791. The van der Waals surface area contributed by atoms with Crippen LogP contribution in [0.1, 0.15) is 38.8 Å². The molecular formula is C18H13F6NO3. The van der Waals surface area contributed by atoms with Crippen LogP contribution in [0.5, 0.6) is 0 Å². The van der Waals surface area contributed by atoms with E-state index in [2.05, 4.69) is 4.84 Å². The molecule has 0 aliphatic carbocycles. The summed E-state index contributed by atoms with van der Waals surface area (Å²) in [7, 11) is 0. The van der Waals surface area contributed by atoms with Crippen LogP contribution in [0.2, 0.25) is 0 Å². The van der Waals surface area contributed by atoms with Crippen molar-refractivity contribution in [3.05, 3.63) is 70.8 Å². The summed E-state index contributed by atoms with van der Waals surface area (Å²) in [5, 5.41) is 0. The zero-order valence-electron chi connectivity index (χ0n) is 14.2. The summed E-state index contributed by atoms with van der Waals surface area (Å²) in [6.45, 7) is 1.13. The van der Waals surface area contributed by atoms with Crippen molar-refractivity contribution < 1.29 is 40.8 Å². The zero-order valence-corrected chi connectivity index (χ0v) is 14.2. The Bertz CT molecular complexity index is 830. The van der Waals surface area contributed by atoms with Gasteiger partial charge in [0.1, 0.15) is 6.04 Å². The van der Waals surface area contributed by atoms with Gasteiger partial charge in [0, 0.05) is 5.56 Å². The van der Waals surface area contributed by atoms with E-state index in [1.807, 2.05) is 5.48 Å². The lowest BCUT2D eigenvalue weighted by Gasteiger charge is -2.16. The monoisotopic (exact) mass is 405 g/mol. The Labute approximate surface area is 155 Å². The van der Waals surface area contributed by atoms with Crippen LogP contribution in [0.15, 0.2) is 48.5 Å². The number of ketones is 1. The largest absolute Gasteiger partial charge is 0.416 e. The Hall–Kier alpha value is -2.88. The highest BCUT2D eigenvalue weighted by molar-refractivity contribution is 6.00. The van der Waals surface area contributed by atoms with Gasteiger partial charge in [-0.2, -0.15) is 26.3 Å². The van der Waals surface area contributed by atoms with Crippen LogP contribution in [-0.2, 0) is 17.2 Å². The highest BCUT2D eigenvalue weighted by Crippen LogP contribution is 2.36. The van der Waals surface area contributed by atoms with Gasteiger partial charge >= 0.3 is 18.3 Å². The van der Waals surface area contributed by atoms with E-state index in [0.29, 0.717) is 12.1 Å². The van der Waals surface area contributed by atoms with Gasteiger partial charge in [0.2, 0.25) is 0 Å². The molecule has 0 aromatic heterocycles. The summed E-state index contributed by atoms with van der Waals surface area (Å²) in [5.41, 5.74) is -1.88. The lowest BCUT2D eigenvalue weighted by molar-refractivity contribution is -0.143. The summed E-state index contributed by atoms with van der Waals surface area (Å²) in [5.74, 6) is -1.99. The number of alkyl halides is 6. The van der Waals surface area contributed by atoms with Crippen molar-refractivity contribution in [3.8, 4) is 0 Å². The Morgan fingerprint density at radius 2 is 1.36 bits per heavy atom. The Balaban J connectivity index is 2.21. The predicted octanol–water partition coefficient (Wildman–Crippen LogP) is 4.66. The van der Waals surface area contributed by atoms with E-state index in [0.717, 1.165) is 6.92 Å². The van der Waals surface area contributed by atoms with Crippen molar-refractivity contribution in [1.29, 1.82) is 0 Å². The van der Waals surface area contributed by atoms with Crippen LogP contribution in [0, 0.1) is 0 Å². The third-order valence-corrected chi connectivity index (χ3v) is 3.60. The smallest absolute Gasteiger partial charge is 0.366 e. The second kappa shape index (κ2) is 8.01. The first-order valence-electron chi connectivity index (χ1n) is 7.75. The molecule has 10 heteroatoms. The number of nitrogens with one attached hydrogen (secondary N) is 1. The highest BCUT2D eigenvalue weighted by atomic mass is 19.4. The van der Waals surface area contributed by atoms with Crippen molar-refractivity contribution in [2.45, 2.75) is 25.3 Å². The van der Waals surface area contributed by atoms with Gasteiger partial charge in [-0.1, -0.05) is 18.2 Å². The summed E-state index contributed by atoms with van der Waals surface area (Å²) in [4.78, 5) is 28.7. The van der Waals surface area contributed by atoms with Crippen LogP contribution in [0.3, 0.4) is 0 Å². The quantitative estimate of drug-likeness (QED) is 0.447. The summed E-state index contributed by atoms with van der Waals surface area (Å²) in [6, 6.07) is 6.73. The maximum absolute atomic E-state index is 12.9. The molecule has 0 bridgehead atoms. The van der Waals surface area contributed by atoms with Crippen LogP contribution in [0.4, 0.5) is 26.3 Å². The first kappa shape index (κ1) is 21.4. The molecular weight excluding hydrogens is 392 g/mol. The first-order valence-corrected chi connectivity index (χ1v) is 7.75. The Morgan fingerprint density at radius 1 is 0.857 bits per heavy atom. The third-order valence-electron chi connectivity index (χ3n) is 3.60.